The third-order valence-electron chi connectivity index (χ3n) is 5.25. The minimum absolute atomic E-state index is 0.0233. The van der Waals surface area contributed by atoms with E-state index in [9.17, 15) is 24.6 Å². The smallest absolute Gasteiger partial charge is 0.338 e. The molecular formula is C20H26N2O7S. The first-order valence-electron chi connectivity index (χ1n) is 9.83. The first-order chi connectivity index (χ1) is 14.4. The van der Waals surface area contributed by atoms with E-state index in [0.717, 1.165) is 31.7 Å². The van der Waals surface area contributed by atoms with Gasteiger partial charge in [-0.1, -0.05) is 12.8 Å². The van der Waals surface area contributed by atoms with Gasteiger partial charge in [0.15, 0.2) is 0 Å². The molecule has 2 atom stereocenters. The maximum atomic E-state index is 12.8. The summed E-state index contributed by atoms with van der Waals surface area (Å²) in [7, 11) is 1.25. The van der Waals surface area contributed by atoms with Crippen molar-refractivity contribution in [1.29, 1.82) is 0 Å². The van der Waals surface area contributed by atoms with Crippen LogP contribution in [0.15, 0.2) is 12.1 Å². The fraction of sp³-hybridized carbons (Fsp3) is 0.550. The van der Waals surface area contributed by atoms with Crippen molar-refractivity contribution < 1.29 is 34.1 Å². The molecule has 1 heterocycles. The van der Waals surface area contributed by atoms with Gasteiger partial charge in [0.05, 0.1) is 12.7 Å². The van der Waals surface area contributed by atoms with Crippen LogP contribution >= 0.6 is 11.8 Å². The molecule has 1 aromatic carbocycles. The van der Waals surface area contributed by atoms with E-state index in [0.29, 0.717) is 5.56 Å². The number of carbonyl (C=O) groups is 3. The van der Waals surface area contributed by atoms with Gasteiger partial charge in [-0.2, -0.15) is 11.8 Å². The van der Waals surface area contributed by atoms with Crippen molar-refractivity contribution in [3.63, 3.8) is 0 Å². The van der Waals surface area contributed by atoms with Crippen LogP contribution in [0.3, 0.4) is 0 Å². The molecular weight excluding hydrogens is 412 g/mol. The van der Waals surface area contributed by atoms with Crippen molar-refractivity contribution in [2.75, 3.05) is 19.5 Å². The topological polar surface area (TPSA) is 134 Å². The number of methoxy groups -OCH3 is 1. The first kappa shape index (κ1) is 22.2. The summed E-state index contributed by atoms with van der Waals surface area (Å²) in [6.45, 7) is -0.252. The van der Waals surface area contributed by atoms with Crippen molar-refractivity contribution in [3.05, 3.63) is 23.3 Å². The number of phenolic OH excluding ortho intramolecular Hbond substituents is 2. The van der Waals surface area contributed by atoms with Crippen LogP contribution in [0.1, 0.15) is 41.6 Å². The molecule has 0 unspecified atom stereocenters. The highest BCUT2D eigenvalue weighted by Crippen LogP contribution is 2.31. The normalized spacial score (nSPS) is 23.5. The molecule has 30 heavy (non-hydrogen) atoms. The van der Waals surface area contributed by atoms with Crippen LogP contribution in [0.4, 0.5) is 0 Å². The Balaban J connectivity index is 1.88. The minimum Gasteiger partial charge on any atom is -0.508 e. The van der Waals surface area contributed by atoms with E-state index in [1.54, 1.807) is 0 Å². The first-order valence-corrected chi connectivity index (χ1v) is 11.0. The lowest BCUT2D eigenvalue weighted by atomic mass is 10.1. The number of ether oxygens (including phenoxy) is 2. The molecule has 1 saturated carbocycles. The lowest BCUT2D eigenvalue weighted by Gasteiger charge is -2.25. The summed E-state index contributed by atoms with van der Waals surface area (Å²) in [4.78, 5) is 37.6. The number of thioether (sulfide) groups is 1. The summed E-state index contributed by atoms with van der Waals surface area (Å²) in [5.74, 6) is -1.94. The number of nitrogens with one attached hydrogen (secondary N) is 2. The number of phenols is 2. The van der Waals surface area contributed by atoms with Crippen LogP contribution in [0.25, 0.3) is 0 Å². The molecule has 0 saturated heterocycles. The molecule has 2 aliphatic rings. The van der Waals surface area contributed by atoms with Gasteiger partial charge in [0.25, 0.3) is 0 Å². The molecule has 164 valence electrons. The summed E-state index contributed by atoms with van der Waals surface area (Å²) in [5, 5.41) is 25.9. The number of amides is 1. The number of fused-ring (bicyclic) bond motifs is 1. The molecule has 1 aliphatic carbocycles. The Kier molecular flexibility index (Phi) is 7.43. The number of carbonyl (C=O) groups excluding carboxylic acids is 3. The van der Waals surface area contributed by atoms with Gasteiger partial charge >= 0.3 is 11.9 Å². The largest absolute Gasteiger partial charge is 0.508 e. The Hall–Kier alpha value is -2.46. The fourth-order valence-electron chi connectivity index (χ4n) is 3.65. The van der Waals surface area contributed by atoms with E-state index >= 15 is 0 Å². The van der Waals surface area contributed by atoms with Gasteiger partial charge in [-0.3, -0.25) is 4.79 Å². The Morgan fingerprint density at radius 3 is 2.70 bits per heavy atom. The molecule has 4 N–H and O–H groups in total. The summed E-state index contributed by atoms with van der Waals surface area (Å²) >= 11 is 1.24. The third-order valence-corrected chi connectivity index (χ3v) is 6.32. The molecule has 3 rings (SSSR count). The Labute approximate surface area is 178 Å². The number of esters is 2. The van der Waals surface area contributed by atoms with Crippen molar-refractivity contribution in [1.82, 2.24) is 10.6 Å². The van der Waals surface area contributed by atoms with Crippen molar-refractivity contribution >= 4 is 29.6 Å². The van der Waals surface area contributed by atoms with Crippen LogP contribution in [0.5, 0.6) is 11.5 Å². The highest BCUT2D eigenvalue weighted by molar-refractivity contribution is 7.98. The second-order valence-electron chi connectivity index (χ2n) is 7.39. The monoisotopic (exact) mass is 438 g/mol. The number of rotatable bonds is 3. The van der Waals surface area contributed by atoms with E-state index in [2.05, 4.69) is 10.6 Å². The second kappa shape index (κ2) is 10.0. The van der Waals surface area contributed by atoms with E-state index in [1.807, 2.05) is 0 Å². The highest BCUT2D eigenvalue weighted by atomic mass is 32.2. The zero-order valence-corrected chi connectivity index (χ0v) is 17.5. The van der Waals surface area contributed by atoms with E-state index in [-0.39, 0.29) is 41.2 Å². The molecule has 1 amide bonds. The molecule has 0 aromatic heterocycles. The van der Waals surface area contributed by atoms with Gasteiger partial charge in [0.1, 0.15) is 30.2 Å². The van der Waals surface area contributed by atoms with Gasteiger partial charge < -0.3 is 30.3 Å². The molecule has 1 fully saturated rings. The van der Waals surface area contributed by atoms with E-state index < -0.39 is 29.9 Å². The van der Waals surface area contributed by atoms with Gasteiger partial charge in [-0.15, -0.1) is 0 Å². The summed E-state index contributed by atoms with van der Waals surface area (Å²) in [6.07, 6.45) is 3.94. The Morgan fingerprint density at radius 2 is 2.00 bits per heavy atom. The standard InChI is InChI=1S/C20H26N2O7S/c1-28-20(27)16-10-30-9-14-13(6-12(23)7-17(14)24)19(26)29-8-15(18(25)22-16)21-11-4-2-3-5-11/h6-7,11,15-16,21,23-24H,2-5,8-10H2,1H3,(H,22,25)/t15-,16-/m0/s1. The SMILES string of the molecule is COC(=O)[C@@H]1CSCc2c(O)cc(O)cc2C(=O)OC[C@H](NC2CCCC2)C(=O)N1. The summed E-state index contributed by atoms with van der Waals surface area (Å²) in [6, 6.07) is 0.753. The molecule has 1 aromatic rings. The van der Waals surface area contributed by atoms with Crippen LogP contribution in [0, 0.1) is 0 Å². The van der Waals surface area contributed by atoms with Gasteiger partial charge in [-0.05, 0) is 18.9 Å². The van der Waals surface area contributed by atoms with Crippen molar-refractivity contribution in [2.45, 2.75) is 49.6 Å². The summed E-state index contributed by atoms with van der Waals surface area (Å²) < 4.78 is 10.2. The van der Waals surface area contributed by atoms with Crippen LogP contribution in [-0.2, 0) is 24.8 Å². The number of hydrogen-bond acceptors (Lipinski definition) is 9. The third kappa shape index (κ3) is 5.37. The zero-order chi connectivity index (χ0) is 21.7. The van der Waals surface area contributed by atoms with Crippen molar-refractivity contribution in [2.24, 2.45) is 0 Å². The van der Waals surface area contributed by atoms with E-state index in [1.165, 1.54) is 24.9 Å². The molecule has 9 nitrogen and oxygen atoms in total. The van der Waals surface area contributed by atoms with Gasteiger partial charge in [0.2, 0.25) is 5.91 Å². The zero-order valence-electron chi connectivity index (χ0n) is 16.7. The second-order valence-corrected chi connectivity index (χ2v) is 8.42. The van der Waals surface area contributed by atoms with Crippen LogP contribution in [-0.4, -0.2) is 65.7 Å². The molecule has 10 heteroatoms. The highest BCUT2D eigenvalue weighted by Gasteiger charge is 2.31. The van der Waals surface area contributed by atoms with Gasteiger partial charge in [-0.25, -0.2) is 9.59 Å². The lowest BCUT2D eigenvalue weighted by molar-refractivity contribution is -0.144. The average molecular weight is 439 g/mol. The minimum atomic E-state index is -0.891. The maximum absolute atomic E-state index is 12.8. The Bertz CT molecular complexity index is 811. The predicted molar refractivity (Wildman–Crippen MR) is 109 cm³/mol. The number of benzene rings is 1. The molecule has 1 aliphatic heterocycles. The average Bonchev–Trinajstić information content (AvgIpc) is 3.22. The number of hydrogen-bond donors (Lipinski definition) is 4. The fourth-order valence-corrected chi connectivity index (χ4v) is 4.73. The van der Waals surface area contributed by atoms with Gasteiger partial charge in [0, 0.05) is 29.2 Å². The Morgan fingerprint density at radius 1 is 1.27 bits per heavy atom. The quantitative estimate of drug-likeness (QED) is 0.511. The van der Waals surface area contributed by atoms with E-state index in [4.69, 9.17) is 9.47 Å². The van der Waals surface area contributed by atoms with Crippen LogP contribution in [0.2, 0.25) is 0 Å². The van der Waals surface area contributed by atoms with Crippen LogP contribution < -0.4 is 10.6 Å². The summed E-state index contributed by atoms with van der Waals surface area (Å²) in [5.41, 5.74) is 0.314. The molecule has 0 radical (unpaired) electrons. The lowest BCUT2D eigenvalue weighted by Crippen LogP contribution is -2.55. The molecule has 0 bridgehead atoms. The van der Waals surface area contributed by atoms with Crippen molar-refractivity contribution in [3.8, 4) is 11.5 Å². The maximum Gasteiger partial charge on any atom is 0.338 e. The molecule has 0 spiro atoms. The predicted octanol–water partition coefficient (Wildman–Crippen LogP) is 1.06. The number of cyclic esters (lactones) is 1. The number of aromatic hydroxyl groups is 2.